The van der Waals surface area contributed by atoms with Crippen molar-refractivity contribution in [3.8, 4) is 5.75 Å². The number of carbonyl (C=O) groups excluding carboxylic acids is 2. The maximum atomic E-state index is 12.6. The number of hydrogen-bond donors (Lipinski definition) is 2. The molecule has 0 aliphatic carbocycles. The predicted octanol–water partition coefficient (Wildman–Crippen LogP) is 4.33. The van der Waals surface area contributed by atoms with Crippen molar-refractivity contribution >= 4 is 17.5 Å². The summed E-state index contributed by atoms with van der Waals surface area (Å²) in [4.78, 5) is 25.2. The van der Waals surface area contributed by atoms with Crippen LogP contribution in [0.25, 0.3) is 0 Å². The Morgan fingerprint density at radius 2 is 1.66 bits per heavy atom. The van der Waals surface area contributed by atoms with Crippen LogP contribution in [-0.2, 0) is 11.3 Å². The highest BCUT2D eigenvalue weighted by atomic mass is 16.5. The van der Waals surface area contributed by atoms with Crippen LogP contribution in [0, 0.1) is 6.92 Å². The van der Waals surface area contributed by atoms with Crippen LogP contribution in [0.1, 0.15) is 28.4 Å². The first-order valence-electron chi connectivity index (χ1n) is 9.48. The second kappa shape index (κ2) is 9.55. The standard InChI is InChI=1S/C24H24N2O3/c1-17-9-8-12-20(15-17)29-18(2)23(27)26-22-14-7-6-13-21(22)24(28)25-16-19-10-4-3-5-11-19/h3-15,18H,16H2,1-2H3,(H,25,28)(H,26,27)/t18-/m0/s1. The van der Waals surface area contributed by atoms with Crippen molar-refractivity contribution in [2.24, 2.45) is 0 Å². The van der Waals surface area contributed by atoms with Crippen molar-refractivity contribution in [3.63, 3.8) is 0 Å². The highest BCUT2D eigenvalue weighted by molar-refractivity contribution is 6.04. The molecule has 0 heterocycles. The van der Waals surface area contributed by atoms with Crippen LogP contribution in [0.15, 0.2) is 78.9 Å². The summed E-state index contributed by atoms with van der Waals surface area (Å²) in [5.74, 6) is 0.0494. The number of ether oxygens (including phenoxy) is 1. The smallest absolute Gasteiger partial charge is 0.265 e. The average molecular weight is 388 g/mol. The van der Waals surface area contributed by atoms with Gasteiger partial charge in [0.15, 0.2) is 6.10 Å². The van der Waals surface area contributed by atoms with Crippen LogP contribution in [0.4, 0.5) is 5.69 Å². The van der Waals surface area contributed by atoms with Crippen molar-refractivity contribution in [2.75, 3.05) is 5.32 Å². The van der Waals surface area contributed by atoms with E-state index in [1.54, 1.807) is 31.2 Å². The molecular weight excluding hydrogens is 364 g/mol. The van der Waals surface area contributed by atoms with Gasteiger partial charge in [-0.25, -0.2) is 0 Å². The molecule has 2 N–H and O–H groups in total. The summed E-state index contributed by atoms with van der Waals surface area (Å²) in [7, 11) is 0. The molecule has 3 rings (SSSR count). The average Bonchev–Trinajstić information content (AvgIpc) is 2.73. The summed E-state index contributed by atoms with van der Waals surface area (Å²) in [6.07, 6.45) is -0.711. The number of benzene rings is 3. The highest BCUT2D eigenvalue weighted by Crippen LogP contribution is 2.18. The Hall–Kier alpha value is -3.60. The highest BCUT2D eigenvalue weighted by Gasteiger charge is 2.18. The van der Waals surface area contributed by atoms with Crippen molar-refractivity contribution in [1.29, 1.82) is 0 Å². The molecule has 0 saturated carbocycles. The Kier molecular flexibility index (Phi) is 6.63. The lowest BCUT2D eigenvalue weighted by atomic mass is 10.1. The SMILES string of the molecule is Cc1cccc(O[C@@H](C)C(=O)Nc2ccccc2C(=O)NCc2ccccc2)c1. The van der Waals surface area contributed by atoms with Crippen molar-refractivity contribution in [1.82, 2.24) is 5.32 Å². The molecule has 0 saturated heterocycles. The van der Waals surface area contributed by atoms with E-state index < -0.39 is 6.10 Å². The molecule has 0 radical (unpaired) electrons. The normalized spacial score (nSPS) is 11.4. The zero-order valence-corrected chi connectivity index (χ0v) is 16.5. The third-order valence-corrected chi connectivity index (χ3v) is 4.40. The van der Waals surface area contributed by atoms with Gasteiger partial charge in [0, 0.05) is 6.54 Å². The quantitative estimate of drug-likeness (QED) is 0.633. The van der Waals surface area contributed by atoms with E-state index in [1.165, 1.54) is 0 Å². The molecule has 0 spiro atoms. The van der Waals surface area contributed by atoms with Crippen LogP contribution >= 0.6 is 0 Å². The van der Waals surface area contributed by atoms with Gasteiger partial charge in [0.25, 0.3) is 11.8 Å². The Morgan fingerprint density at radius 3 is 2.41 bits per heavy atom. The van der Waals surface area contributed by atoms with E-state index in [-0.39, 0.29) is 11.8 Å². The van der Waals surface area contributed by atoms with Crippen LogP contribution in [-0.4, -0.2) is 17.9 Å². The molecule has 0 aliphatic heterocycles. The molecule has 3 aromatic rings. The molecule has 29 heavy (non-hydrogen) atoms. The van der Waals surface area contributed by atoms with E-state index in [4.69, 9.17) is 4.74 Å². The van der Waals surface area contributed by atoms with Crippen LogP contribution in [0.5, 0.6) is 5.75 Å². The van der Waals surface area contributed by atoms with E-state index in [0.29, 0.717) is 23.5 Å². The minimum absolute atomic E-state index is 0.253. The molecule has 1 atom stereocenters. The van der Waals surface area contributed by atoms with E-state index in [0.717, 1.165) is 11.1 Å². The predicted molar refractivity (Wildman–Crippen MR) is 114 cm³/mol. The van der Waals surface area contributed by atoms with Crippen LogP contribution < -0.4 is 15.4 Å². The summed E-state index contributed by atoms with van der Waals surface area (Å²) >= 11 is 0. The molecule has 0 bridgehead atoms. The molecular formula is C24H24N2O3. The van der Waals surface area contributed by atoms with Gasteiger partial charge in [0.2, 0.25) is 0 Å². The second-order valence-corrected chi connectivity index (χ2v) is 6.78. The van der Waals surface area contributed by atoms with E-state index in [1.807, 2.05) is 61.5 Å². The monoisotopic (exact) mass is 388 g/mol. The first kappa shape index (κ1) is 20.1. The molecule has 0 unspecified atom stereocenters. The topological polar surface area (TPSA) is 67.4 Å². The minimum Gasteiger partial charge on any atom is -0.481 e. The summed E-state index contributed by atoms with van der Waals surface area (Å²) in [6, 6.07) is 24.1. The lowest BCUT2D eigenvalue weighted by Crippen LogP contribution is -2.31. The number of carbonyl (C=O) groups is 2. The van der Waals surface area contributed by atoms with Crippen LogP contribution in [0.2, 0.25) is 0 Å². The van der Waals surface area contributed by atoms with Gasteiger partial charge in [0.1, 0.15) is 5.75 Å². The first-order valence-corrected chi connectivity index (χ1v) is 9.48. The molecule has 0 aliphatic rings. The third-order valence-electron chi connectivity index (χ3n) is 4.40. The van der Waals surface area contributed by atoms with E-state index in [2.05, 4.69) is 10.6 Å². The minimum atomic E-state index is -0.711. The summed E-state index contributed by atoms with van der Waals surface area (Å²) in [6.45, 7) is 4.05. The Balaban J connectivity index is 1.64. The van der Waals surface area contributed by atoms with Gasteiger partial charge in [-0.15, -0.1) is 0 Å². The Bertz CT molecular complexity index is 986. The van der Waals surface area contributed by atoms with E-state index >= 15 is 0 Å². The number of amides is 2. The number of anilines is 1. The van der Waals surface area contributed by atoms with Gasteiger partial charge in [0.05, 0.1) is 11.3 Å². The van der Waals surface area contributed by atoms with Gasteiger partial charge >= 0.3 is 0 Å². The number of hydrogen-bond acceptors (Lipinski definition) is 3. The fourth-order valence-electron chi connectivity index (χ4n) is 2.84. The van der Waals surface area contributed by atoms with Gasteiger partial charge in [-0.05, 0) is 49.2 Å². The van der Waals surface area contributed by atoms with Gasteiger partial charge in [-0.3, -0.25) is 9.59 Å². The maximum Gasteiger partial charge on any atom is 0.265 e. The third kappa shape index (κ3) is 5.69. The number of rotatable bonds is 7. The lowest BCUT2D eigenvalue weighted by molar-refractivity contribution is -0.122. The molecule has 0 aromatic heterocycles. The maximum absolute atomic E-state index is 12.6. The number of para-hydroxylation sites is 1. The first-order chi connectivity index (χ1) is 14.0. The van der Waals surface area contributed by atoms with E-state index in [9.17, 15) is 9.59 Å². The van der Waals surface area contributed by atoms with Gasteiger partial charge < -0.3 is 15.4 Å². The van der Waals surface area contributed by atoms with Crippen molar-refractivity contribution < 1.29 is 14.3 Å². The summed E-state index contributed by atoms with van der Waals surface area (Å²) in [5, 5.41) is 5.68. The molecule has 3 aromatic carbocycles. The molecule has 148 valence electrons. The van der Waals surface area contributed by atoms with Crippen molar-refractivity contribution in [2.45, 2.75) is 26.5 Å². The zero-order chi connectivity index (χ0) is 20.6. The molecule has 5 heteroatoms. The number of nitrogens with one attached hydrogen (secondary N) is 2. The molecule has 0 fully saturated rings. The molecule has 2 amide bonds. The number of aryl methyl sites for hydroxylation is 1. The van der Waals surface area contributed by atoms with Gasteiger partial charge in [-0.2, -0.15) is 0 Å². The van der Waals surface area contributed by atoms with Crippen LogP contribution in [0.3, 0.4) is 0 Å². The van der Waals surface area contributed by atoms with Gasteiger partial charge in [-0.1, -0.05) is 54.6 Å². The second-order valence-electron chi connectivity index (χ2n) is 6.78. The Labute approximate surface area is 170 Å². The van der Waals surface area contributed by atoms with Crippen molar-refractivity contribution in [3.05, 3.63) is 95.6 Å². The summed E-state index contributed by atoms with van der Waals surface area (Å²) < 4.78 is 5.72. The summed E-state index contributed by atoms with van der Waals surface area (Å²) in [5.41, 5.74) is 2.90. The lowest BCUT2D eigenvalue weighted by Gasteiger charge is -2.16. The molecule has 5 nitrogen and oxygen atoms in total. The fourth-order valence-corrected chi connectivity index (χ4v) is 2.84. The zero-order valence-electron chi connectivity index (χ0n) is 16.5. The Morgan fingerprint density at radius 1 is 0.931 bits per heavy atom. The largest absolute Gasteiger partial charge is 0.481 e. The fraction of sp³-hybridized carbons (Fsp3) is 0.167.